The minimum absolute atomic E-state index is 0.0329. The fourth-order valence-corrected chi connectivity index (χ4v) is 4.20. The number of carbonyl (C=O) groups is 4. The second-order valence-electron chi connectivity index (χ2n) is 8.30. The molecule has 1 aliphatic carbocycles. The lowest BCUT2D eigenvalue weighted by Crippen LogP contribution is -2.48. The molecule has 1 aliphatic heterocycles. The van der Waals surface area contributed by atoms with E-state index in [2.05, 4.69) is 10.6 Å². The van der Waals surface area contributed by atoms with Crippen LogP contribution >= 0.6 is 0 Å². The highest BCUT2D eigenvalue weighted by molar-refractivity contribution is 6.01. The molecule has 10 heteroatoms. The van der Waals surface area contributed by atoms with E-state index >= 15 is 0 Å². The normalized spacial score (nSPS) is 19.4. The smallest absolute Gasteiger partial charge is 0.337 e. The SMILES string of the molecule is CCC(NC(=O)N1CC(=O)NCC(CC2=C(OC)C=CCC2)C1=O)c1ccc(C(=O)O)c(N)c1. The number of allylic oxidation sites excluding steroid dienone is 3. The van der Waals surface area contributed by atoms with E-state index in [0.29, 0.717) is 24.2 Å². The van der Waals surface area contributed by atoms with Crippen molar-refractivity contribution in [2.75, 3.05) is 25.9 Å². The van der Waals surface area contributed by atoms with E-state index in [1.165, 1.54) is 12.1 Å². The number of benzene rings is 1. The van der Waals surface area contributed by atoms with Crippen LogP contribution in [0, 0.1) is 5.92 Å². The third-order valence-corrected chi connectivity index (χ3v) is 6.07. The minimum Gasteiger partial charge on any atom is -0.497 e. The third-order valence-electron chi connectivity index (χ3n) is 6.07. The van der Waals surface area contributed by atoms with Crippen molar-refractivity contribution in [2.24, 2.45) is 5.92 Å². The Balaban J connectivity index is 1.78. The molecule has 0 aromatic heterocycles. The molecule has 182 valence electrons. The van der Waals surface area contributed by atoms with Gasteiger partial charge in [-0.25, -0.2) is 9.59 Å². The van der Waals surface area contributed by atoms with Gasteiger partial charge in [0.25, 0.3) is 0 Å². The predicted octanol–water partition coefficient (Wildman–Crippen LogP) is 2.34. The molecule has 5 N–H and O–H groups in total. The number of carbonyl (C=O) groups excluding carboxylic acids is 3. The van der Waals surface area contributed by atoms with Crippen LogP contribution in [0.15, 0.2) is 41.7 Å². The lowest BCUT2D eigenvalue weighted by molar-refractivity contribution is -0.133. The van der Waals surface area contributed by atoms with Crippen molar-refractivity contribution in [1.29, 1.82) is 0 Å². The zero-order valence-corrected chi connectivity index (χ0v) is 19.3. The number of anilines is 1. The number of urea groups is 1. The summed E-state index contributed by atoms with van der Waals surface area (Å²) in [7, 11) is 1.57. The zero-order chi connectivity index (χ0) is 24.8. The van der Waals surface area contributed by atoms with Crippen molar-refractivity contribution in [1.82, 2.24) is 15.5 Å². The van der Waals surface area contributed by atoms with E-state index in [-0.39, 0.29) is 24.3 Å². The number of nitrogens with zero attached hydrogens (tertiary/aromatic N) is 1. The molecule has 3 rings (SSSR count). The fraction of sp³-hybridized carbons (Fsp3) is 0.417. The first-order valence-electron chi connectivity index (χ1n) is 11.2. The average molecular weight is 471 g/mol. The van der Waals surface area contributed by atoms with Gasteiger partial charge < -0.3 is 26.2 Å². The van der Waals surface area contributed by atoms with Crippen LogP contribution in [0.1, 0.15) is 54.6 Å². The Hall–Kier alpha value is -3.82. The summed E-state index contributed by atoms with van der Waals surface area (Å²) in [6, 6.07) is 3.23. The summed E-state index contributed by atoms with van der Waals surface area (Å²) in [5, 5.41) is 14.7. The molecule has 1 fully saturated rings. The number of nitrogens with two attached hydrogens (primary N) is 1. The number of methoxy groups -OCH3 is 1. The molecule has 2 atom stereocenters. The van der Waals surface area contributed by atoms with Crippen molar-refractivity contribution in [3.8, 4) is 0 Å². The van der Waals surface area contributed by atoms with E-state index < -0.39 is 35.8 Å². The largest absolute Gasteiger partial charge is 0.497 e. The van der Waals surface area contributed by atoms with Gasteiger partial charge in [0.05, 0.1) is 24.6 Å². The number of hydrogen-bond donors (Lipinski definition) is 4. The fourth-order valence-electron chi connectivity index (χ4n) is 4.20. The molecular formula is C24H30N4O6. The van der Waals surface area contributed by atoms with Crippen LogP contribution < -0.4 is 16.4 Å². The molecule has 1 aromatic carbocycles. The third kappa shape index (κ3) is 5.56. The quantitative estimate of drug-likeness (QED) is 0.447. The number of carboxylic acid groups (broad SMARTS) is 1. The number of hydrogen-bond acceptors (Lipinski definition) is 6. The van der Waals surface area contributed by atoms with Gasteiger partial charge in [0.15, 0.2) is 0 Å². The van der Waals surface area contributed by atoms with Crippen LogP contribution in [-0.2, 0) is 14.3 Å². The van der Waals surface area contributed by atoms with Gasteiger partial charge in [0, 0.05) is 12.2 Å². The van der Waals surface area contributed by atoms with E-state index in [0.717, 1.165) is 23.3 Å². The molecular weight excluding hydrogens is 440 g/mol. The number of aromatic carboxylic acids is 1. The summed E-state index contributed by atoms with van der Waals surface area (Å²) in [6.07, 6.45) is 6.29. The molecule has 4 amide bonds. The van der Waals surface area contributed by atoms with Crippen molar-refractivity contribution in [3.05, 3.63) is 52.8 Å². The highest BCUT2D eigenvalue weighted by Crippen LogP contribution is 2.28. The summed E-state index contributed by atoms with van der Waals surface area (Å²) in [5.74, 6) is -1.90. The highest BCUT2D eigenvalue weighted by atomic mass is 16.5. The van der Waals surface area contributed by atoms with E-state index in [4.69, 9.17) is 10.5 Å². The van der Waals surface area contributed by atoms with Crippen molar-refractivity contribution in [3.63, 3.8) is 0 Å². The standard InChI is InChI=1S/C24H30N4O6/c1-3-19(14-8-9-17(23(31)32)18(25)11-14)27-24(33)28-13-21(29)26-12-16(22(28)30)10-15-6-4-5-7-20(15)34-2/h5,7-9,11,16,19H,3-4,6,10,12-13,25H2,1-2H3,(H,26,29)(H,27,33)(H,31,32). The average Bonchev–Trinajstić information content (AvgIpc) is 2.96. The first kappa shape index (κ1) is 24.8. The molecule has 1 aromatic rings. The molecule has 34 heavy (non-hydrogen) atoms. The lowest BCUT2D eigenvalue weighted by atomic mass is 9.92. The maximum absolute atomic E-state index is 13.3. The first-order chi connectivity index (χ1) is 16.2. The number of amides is 4. The maximum Gasteiger partial charge on any atom is 0.337 e. The molecule has 2 aliphatic rings. The Morgan fingerprint density at radius 3 is 2.76 bits per heavy atom. The molecule has 0 spiro atoms. The topological polar surface area (TPSA) is 151 Å². The number of rotatable bonds is 7. The molecule has 0 saturated carbocycles. The first-order valence-corrected chi connectivity index (χ1v) is 11.2. The lowest BCUT2D eigenvalue weighted by Gasteiger charge is -2.26. The Labute approximate surface area is 197 Å². The summed E-state index contributed by atoms with van der Waals surface area (Å²) in [4.78, 5) is 50.8. The van der Waals surface area contributed by atoms with Gasteiger partial charge in [-0.2, -0.15) is 0 Å². The van der Waals surface area contributed by atoms with Gasteiger partial charge in [0.1, 0.15) is 12.3 Å². The molecule has 2 unspecified atom stereocenters. The predicted molar refractivity (Wildman–Crippen MR) is 125 cm³/mol. The second kappa shape index (κ2) is 10.9. The van der Waals surface area contributed by atoms with Crippen molar-refractivity contribution < 1.29 is 29.0 Å². The number of nitrogen functional groups attached to an aromatic ring is 1. The van der Waals surface area contributed by atoms with Gasteiger partial charge in [-0.1, -0.05) is 19.1 Å². The number of carboxylic acids is 1. The molecule has 1 saturated heterocycles. The zero-order valence-electron chi connectivity index (χ0n) is 19.3. The minimum atomic E-state index is -1.14. The summed E-state index contributed by atoms with van der Waals surface area (Å²) >= 11 is 0. The summed E-state index contributed by atoms with van der Waals surface area (Å²) in [6.45, 7) is 1.59. The van der Waals surface area contributed by atoms with Crippen LogP contribution in [0.3, 0.4) is 0 Å². The van der Waals surface area contributed by atoms with Crippen molar-refractivity contribution in [2.45, 2.75) is 38.6 Å². The molecule has 0 bridgehead atoms. The second-order valence-corrected chi connectivity index (χ2v) is 8.30. The highest BCUT2D eigenvalue weighted by Gasteiger charge is 2.35. The van der Waals surface area contributed by atoms with Gasteiger partial charge in [-0.3, -0.25) is 14.5 Å². The summed E-state index contributed by atoms with van der Waals surface area (Å²) in [5.41, 5.74) is 7.47. The van der Waals surface area contributed by atoms with E-state index in [1.54, 1.807) is 13.2 Å². The van der Waals surface area contributed by atoms with Gasteiger partial charge in [0.2, 0.25) is 11.8 Å². The number of nitrogens with one attached hydrogen (secondary N) is 2. The Morgan fingerprint density at radius 1 is 1.35 bits per heavy atom. The molecule has 0 radical (unpaired) electrons. The monoisotopic (exact) mass is 470 g/mol. The van der Waals surface area contributed by atoms with Crippen LogP contribution in [0.5, 0.6) is 0 Å². The molecule has 10 nitrogen and oxygen atoms in total. The van der Waals surface area contributed by atoms with Crippen molar-refractivity contribution >= 4 is 29.5 Å². The number of imide groups is 1. The van der Waals surface area contributed by atoms with Crippen LogP contribution in [-0.4, -0.2) is 54.0 Å². The Bertz CT molecular complexity index is 1050. The van der Waals surface area contributed by atoms with Gasteiger partial charge >= 0.3 is 12.0 Å². The van der Waals surface area contributed by atoms with Crippen LogP contribution in [0.25, 0.3) is 0 Å². The maximum atomic E-state index is 13.3. The van der Waals surface area contributed by atoms with Gasteiger partial charge in [-0.15, -0.1) is 0 Å². The summed E-state index contributed by atoms with van der Waals surface area (Å²) < 4.78 is 5.41. The van der Waals surface area contributed by atoms with Gasteiger partial charge in [-0.05, 0) is 55.0 Å². The Kier molecular flexibility index (Phi) is 7.93. The van der Waals surface area contributed by atoms with Crippen LogP contribution in [0.4, 0.5) is 10.5 Å². The van der Waals surface area contributed by atoms with E-state index in [9.17, 15) is 24.3 Å². The Morgan fingerprint density at radius 2 is 2.12 bits per heavy atom. The number of ether oxygens (including phenoxy) is 1. The van der Waals surface area contributed by atoms with Crippen LogP contribution in [0.2, 0.25) is 0 Å². The van der Waals surface area contributed by atoms with E-state index in [1.807, 2.05) is 19.1 Å². The molecule has 1 heterocycles.